The first-order valence-corrected chi connectivity index (χ1v) is 4.32. The number of carbonyl (C=O) groups excluding carboxylic acids is 2. The summed E-state index contributed by atoms with van der Waals surface area (Å²) in [5, 5.41) is 0. The molecule has 0 rings (SSSR count). The molecule has 0 aliphatic carbocycles. The third kappa shape index (κ3) is 4.60. The monoisotopic (exact) mass is 190 g/mol. The van der Waals surface area contributed by atoms with Gasteiger partial charge in [0.05, 0.1) is 6.61 Å². The summed E-state index contributed by atoms with van der Waals surface area (Å²) in [7, 11) is 0. The normalized spacial score (nSPS) is 12.7. The highest BCUT2D eigenvalue weighted by Gasteiger charge is 2.27. The molecule has 0 spiro atoms. The molecule has 13 heavy (non-hydrogen) atoms. The average Bonchev–Trinajstić information content (AvgIpc) is 2.02. The van der Waals surface area contributed by atoms with Gasteiger partial charge in [0.1, 0.15) is 0 Å². The number of esters is 1. The largest absolute Gasteiger partial charge is 0.463 e. The zero-order valence-electron chi connectivity index (χ0n) is 8.17. The Morgan fingerprint density at radius 3 is 2.31 bits per heavy atom. The fourth-order valence-corrected chi connectivity index (χ4v) is 0.853. The van der Waals surface area contributed by atoms with Crippen molar-refractivity contribution in [2.45, 2.75) is 33.4 Å². The molecule has 0 radical (unpaired) electrons. The summed E-state index contributed by atoms with van der Waals surface area (Å²) in [6.07, 6.45) is -2.04. The van der Waals surface area contributed by atoms with Crippen LogP contribution in [0.5, 0.6) is 0 Å². The second kappa shape index (κ2) is 5.67. The Kier molecular flexibility index (Phi) is 5.26. The van der Waals surface area contributed by atoms with Gasteiger partial charge in [-0.1, -0.05) is 13.8 Å². The van der Waals surface area contributed by atoms with E-state index in [1.165, 1.54) is 0 Å². The van der Waals surface area contributed by atoms with Crippen LogP contribution >= 0.6 is 0 Å². The summed E-state index contributed by atoms with van der Waals surface area (Å²) in [6, 6.07) is 0. The molecule has 0 saturated carbocycles. The van der Waals surface area contributed by atoms with Crippen LogP contribution in [0.1, 0.15) is 27.2 Å². The van der Waals surface area contributed by atoms with Crippen molar-refractivity contribution < 1.29 is 18.7 Å². The minimum absolute atomic E-state index is 0.0557. The standard InChI is InChI=1S/C9H15FO3/c1-4-13-9(12)8(10)7(11)5-6(2)3/h6,8H,4-5H2,1-3H3. The van der Waals surface area contributed by atoms with Crippen molar-refractivity contribution >= 4 is 11.8 Å². The van der Waals surface area contributed by atoms with Crippen molar-refractivity contribution in [2.24, 2.45) is 5.92 Å². The zero-order chi connectivity index (χ0) is 10.4. The molecule has 3 nitrogen and oxygen atoms in total. The molecule has 1 unspecified atom stereocenters. The lowest BCUT2D eigenvalue weighted by Crippen LogP contribution is -2.28. The highest BCUT2D eigenvalue weighted by atomic mass is 19.1. The molecule has 76 valence electrons. The second-order valence-electron chi connectivity index (χ2n) is 3.18. The van der Waals surface area contributed by atoms with Crippen LogP contribution in [-0.2, 0) is 14.3 Å². The van der Waals surface area contributed by atoms with Crippen LogP contribution in [0.25, 0.3) is 0 Å². The van der Waals surface area contributed by atoms with Crippen molar-refractivity contribution in [3.8, 4) is 0 Å². The molecule has 0 aromatic rings. The Labute approximate surface area is 77.3 Å². The van der Waals surface area contributed by atoms with Gasteiger partial charge in [-0.3, -0.25) is 4.79 Å². The van der Waals surface area contributed by atoms with Crippen LogP contribution in [0.4, 0.5) is 4.39 Å². The van der Waals surface area contributed by atoms with Crippen molar-refractivity contribution in [3.05, 3.63) is 0 Å². The van der Waals surface area contributed by atoms with Crippen LogP contribution in [-0.4, -0.2) is 24.5 Å². The van der Waals surface area contributed by atoms with Crippen LogP contribution in [0.15, 0.2) is 0 Å². The molecular weight excluding hydrogens is 175 g/mol. The molecular formula is C9H15FO3. The maximum Gasteiger partial charge on any atom is 0.348 e. The van der Waals surface area contributed by atoms with Gasteiger partial charge in [-0.25, -0.2) is 9.18 Å². The Balaban J connectivity index is 4.01. The van der Waals surface area contributed by atoms with Gasteiger partial charge in [0.15, 0.2) is 5.78 Å². The van der Waals surface area contributed by atoms with Crippen LogP contribution < -0.4 is 0 Å². The minimum Gasteiger partial charge on any atom is -0.463 e. The number of carbonyl (C=O) groups is 2. The van der Waals surface area contributed by atoms with Crippen molar-refractivity contribution in [1.29, 1.82) is 0 Å². The Hall–Kier alpha value is -0.930. The van der Waals surface area contributed by atoms with Gasteiger partial charge in [-0.2, -0.15) is 0 Å². The van der Waals surface area contributed by atoms with E-state index in [1.54, 1.807) is 20.8 Å². The van der Waals surface area contributed by atoms with Gasteiger partial charge in [0.2, 0.25) is 0 Å². The number of alkyl halides is 1. The minimum atomic E-state index is -2.11. The van der Waals surface area contributed by atoms with Crippen molar-refractivity contribution in [1.82, 2.24) is 0 Å². The maximum absolute atomic E-state index is 12.9. The van der Waals surface area contributed by atoms with E-state index >= 15 is 0 Å². The van der Waals surface area contributed by atoms with Gasteiger partial charge >= 0.3 is 5.97 Å². The first-order chi connectivity index (χ1) is 5.99. The van der Waals surface area contributed by atoms with Crippen LogP contribution in [0.2, 0.25) is 0 Å². The predicted molar refractivity (Wildman–Crippen MR) is 46.0 cm³/mol. The molecule has 0 aromatic carbocycles. The average molecular weight is 190 g/mol. The van der Waals surface area contributed by atoms with E-state index in [0.29, 0.717) is 0 Å². The summed E-state index contributed by atoms with van der Waals surface area (Å²) in [6.45, 7) is 5.23. The topological polar surface area (TPSA) is 43.4 Å². The van der Waals surface area contributed by atoms with Crippen molar-refractivity contribution in [2.75, 3.05) is 6.61 Å². The number of ether oxygens (including phenoxy) is 1. The third-order valence-corrected chi connectivity index (χ3v) is 1.39. The molecule has 0 aliphatic rings. The van der Waals surface area contributed by atoms with E-state index in [4.69, 9.17) is 0 Å². The SMILES string of the molecule is CCOC(=O)C(F)C(=O)CC(C)C. The number of hydrogen-bond acceptors (Lipinski definition) is 3. The van der Waals surface area contributed by atoms with Gasteiger partial charge in [-0.15, -0.1) is 0 Å². The maximum atomic E-state index is 12.9. The molecule has 0 amide bonds. The number of hydrogen-bond donors (Lipinski definition) is 0. The first-order valence-electron chi connectivity index (χ1n) is 4.32. The number of rotatable bonds is 5. The molecule has 0 aliphatic heterocycles. The van der Waals surface area contributed by atoms with E-state index in [1.807, 2.05) is 0 Å². The molecule has 1 atom stereocenters. The predicted octanol–water partition coefficient (Wildman–Crippen LogP) is 1.50. The molecule has 0 heterocycles. The van der Waals surface area contributed by atoms with E-state index < -0.39 is 17.9 Å². The summed E-state index contributed by atoms with van der Waals surface area (Å²) in [5.74, 6) is -1.72. The Morgan fingerprint density at radius 1 is 1.38 bits per heavy atom. The quantitative estimate of drug-likeness (QED) is 0.487. The smallest absolute Gasteiger partial charge is 0.348 e. The Morgan fingerprint density at radius 2 is 1.92 bits per heavy atom. The van der Waals surface area contributed by atoms with Gasteiger partial charge < -0.3 is 4.74 Å². The highest BCUT2D eigenvalue weighted by molar-refractivity contribution is 6.01. The van der Waals surface area contributed by atoms with Gasteiger partial charge in [-0.05, 0) is 12.8 Å². The molecule has 4 heteroatoms. The molecule has 0 aromatic heterocycles. The lowest BCUT2D eigenvalue weighted by atomic mass is 10.0. The number of halogens is 1. The molecule has 0 fully saturated rings. The lowest BCUT2D eigenvalue weighted by molar-refractivity contribution is -0.152. The summed E-state index contributed by atoms with van der Waals surface area (Å²) < 4.78 is 17.3. The summed E-state index contributed by atoms with van der Waals surface area (Å²) in [5.41, 5.74) is 0. The molecule has 0 bridgehead atoms. The number of Topliss-reactive ketones (excluding diaryl/α,β-unsaturated/α-hetero) is 1. The fourth-order valence-electron chi connectivity index (χ4n) is 0.853. The van der Waals surface area contributed by atoms with E-state index in [-0.39, 0.29) is 18.9 Å². The van der Waals surface area contributed by atoms with Crippen LogP contribution in [0.3, 0.4) is 0 Å². The first kappa shape index (κ1) is 12.1. The van der Waals surface area contributed by atoms with Crippen LogP contribution in [0, 0.1) is 5.92 Å². The molecule has 0 saturated heterocycles. The van der Waals surface area contributed by atoms with E-state index in [2.05, 4.69) is 4.74 Å². The zero-order valence-corrected chi connectivity index (χ0v) is 8.17. The fraction of sp³-hybridized carbons (Fsp3) is 0.778. The van der Waals surface area contributed by atoms with E-state index in [9.17, 15) is 14.0 Å². The Bertz CT molecular complexity index is 189. The second-order valence-corrected chi connectivity index (χ2v) is 3.18. The summed E-state index contributed by atoms with van der Waals surface area (Å²) in [4.78, 5) is 21.7. The van der Waals surface area contributed by atoms with E-state index in [0.717, 1.165) is 0 Å². The molecule has 0 N–H and O–H groups in total. The van der Waals surface area contributed by atoms with Gasteiger partial charge in [0, 0.05) is 6.42 Å². The third-order valence-electron chi connectivity index (χ3n) is 1.39. The number of ketones is 1. The summed E-state index contributed by atoms with van der Waals surface area (Å²) >= 11 is 0. The van der Waals surface area contributed by atoms with Gasteiger partial charge in [0.25, 0.3) is 6.17 Å². The lowest BCUT2D eigenvalue weighted by Gasteiger charge is -2.07. The highest BCUT2D eigenvalue weighted by Crippen LogP contribution is 2.07. The van der Waals surface area contributed by atoms with Crippen molar-refractivity contribution in [3.63, 3.8) is 0 Å².